The molecule has 0 aromatic rings. The maximum Gasteiger partial charge on any atom is 0.237 e. The van der Waals surface area contributed by atoms with Crippen LogP contribution in [-0.2, 0) is 14.3 Å². The van der Waals surface area contributed by atoms with Crippen molar-refractivity contribution in [1.29, 1.82) is 0 Å². The number of carbonyl (C=O) groups is 1. The van der Waals surface area contributed by atoms with Crippen molar-refractivity contribution in [2.24, 2.45) is 11.1 Å². The molecule has 3 N–H and O–H groups in total. The molecule has 0 bridgehead atoms. The lowest BCUT2D eigenvalue weighted by atomic mass is 9.87. The number of ether oxygens (including phenoxy) is 2. The van der Waals surface area contributed by atoms with Gasteiger partial charge in [0.15, 0.2) is 6.29 Å². The number of nitrogens with two attached hydrogens (primary N) is 1. The highest BCUT2D eigenvalue weighted by molar-refractivity contribution is 5.82. The average molecular weight is 246 g/mol. The molecule has 5 nitrogen and oxygen atoms in total. The molecule has 1 unspecified atom stereocenters. The van der Waals surface area contributed by atoms with Gasteiger partial charge in [0, 0.05) is 13.2 Å². The lowest BCUT2D eigenvalue weighted by Crippen LogP contribution is -2.50. The second-order valence-corrected chi connectivity index (χ2v) is 4.93. The molecule has 5 heteroatoms. The van der Waals surface area contributed by atoms with Crippen LogP contribution in [0.4, 0.5) is 0 Å². The zero-order valence-corrected chi connectivity index (χ0v) is 11.6. The Morgan fingerprint density at radius 3 is 2.06 bits per heavy atom. The van der Waals surface area contributed by atoms with Gasteiger partial charge in [0.05, 0.1) is 12.6 Å². The van der Waals surface area contributed by atoms with Crippen LogP contribution in [-0.4, -0.2) is 38.0 Å². The average Bonchev–Trinajstić information content (AvgIpc) is 2.23. The van der Waals surface area contributed by atoms with Crippen LogP contribution >= 0.6 is 0 Å². The molecule has 0 radical (unpaired) electrons. The molecule has 0 aliphatic carbocycles. The van der Waals surface area contributed by atoms with Gasteiger partial charge >= 0.3 is 0 Å². The molecule has 17 heavy (non-hydrogen) atoms. The molecular weight excluding hydrogens is 220 g/mol. The molecule has 0 spiro atoms. The number of hydrogen-bond acceptors (Lipinski definition) is 4. The number of amides is 1. The normalized spacial score (nSPS) is 13.8. The van der Waals surface area contributed by atoms with Crippen LogP contribution in [0.15, 0.2) is 0 Å². The predicted octanol–water partition coefficient (Wildman–Crippen LogP) is 0.875. The van der Waals surface area contributed by atoms with Gasteiger partial charge in [0.1, 0.15) is 0 Å². The van der Waals surface area contributed by atoms with Crippen molar-refractivity contribution in [3.05, 3.63) is 0 Å². The Balaban J connectivity index is 4.11. The van der Waals surface area contributed by atoms with Gasteiger partial charge in [-0.05, 0) is 19.3 Å². The number of carbonyl (C=O) groups excluding carboxylic acids is 1. The van der Waals surface area contributed by atoms with Crippen molar-refractivity contribution in [3.8, 4) is 0 Å². The summed E-state index contributed by atoms with van der Waals surface area (Å²) < 4.78 is 10.6. The van der Waals surface area contributed by atoms with Crippen molar-refractivity contribution in [1.82, 2.24) is 5.32 Å². The lowest BCUT2D eigenvalue weighted by Gasteiger charge is -2.26. The topological polar surface area (TPSA) is 73.6 Å². The van der Waals surface area contributed by atoms with Gasteiger partial charge in [0.25, 0.3) is 0 Å². The molecule has 0 aliphatic rings. The molecule has 0 heterocycles. The van der Waals surface area contributed by atoms with E-state index >= 15 is 0 Å². The summed E-state index contributed by atoms with van der Waals surface area (Å²) in [7, 11) is 0. The first-order valence-corrected chi connectivity index (χ1v) is 6.09. The summed E-state index contributed by atoms with van der Waals surface area (Å²) in [5.41, 5.74) is 5.58. The summed E-state index contributed by atoms with van der Waals surface area (Å²) >= 11 is 0. The molecular formula is C12H26N2O3. The highest BCUT2D eigenvalue weighted by Gasteiger charge is 2.27. The van der Waals surface area contributed by atoms with E-state index in [-0.39, 0.29) is 11.3 Å². The van der Waals surface area contributed by atoms with Crippen LogP contribution in [0.1, 0.15) is 34.6 Å². The number of hydrogen-bond donors (Lipinski definition) is 2. The second-order valence-electron chi connectivity index (χ2n) is 4.93. The van der Waals surface area contributed by atoms with E-state index in [1.54, 1.807) is 0 Å². The maximum absolute atomic E-state index is 11.8. The van der Waals surface area contributed by atoms with E-state index in [9.17, 15) is 4.79 Å². The van der Waals surface area contributed by atoms with Crippen molar-refractivity contribution in [2.75, 3.05) is 19.8 Å². The maximum atomic E-state index is 11.8. The van der Waals surface area contributed by atoms with Crippen LogP contribution < -0.4 is 11.1 Å². The minimum absolute atomic E-state index is 0.179. The fourth-order valence-electron chi connectivity index (χ4n) is 1.22. The third-order valence-corrected chi connectivity index (χ3v) is 2.36. The Labute approximate surface area is 104 Å². The summed E-state index contributed by atoms with van der Waals surface area (Å²) in [6.45, 7) is 11.0. The molecule has 0 aromatic carbocycles. The number of nitrogens with one attached hydrogen (secondary N) is 1. The lowest BCUT2D eigenvalue weighted by molar-refractivity contribution is -0.142. The van der Waals surface area contributed by atoms with Crippen LogP contribution in [0.3, 0.4) is 0 Å². The van der Waals surface area contributed by atoms with Crippen molar-refractivity contribution in [2.45, 2.75) is 47.0 Å². The summed E-state index contributed by atoms with van der Waals surface area (Å²) in [4.78, 5) is 11.8. The van der Waals surface area contributed by atoms with Crippen LogP contribution in [0.25, 0.3) is 0 Å². The summed E-state index contributed by atoms with van der Waals surface area (Å²) in [6, 6.07) is -0.536. The molecule has 0 saturated heterocycles. The Hall–Kier alpha value is -0.650. The molecule has 1 atom stereocenters. The van der Waals surface area contributed by atoms with Crippen LogP contribution in [0.2, 0.25) is 0 Å². The largest absolute Gasteiger partial charge is 0.351 e. The Morgan fingerprint density at radius 1 is 1.24 bits per heavy atom. The summed E-state index contributed by atoms with van der Waals surface area (Å²) in [5.74, 6) is -0.179. The Bertz CT molecular complexity index is 220. The van der Waals surface area contributed by atoms with E-state index in [0.29, 0.717) is 19.8 Å². The molecule has 0 fully saturated rings. The zero-order chi connectivity index (χ0) is 13.5. The van der Waals surface area contributed by atoms with E-state index < -0.39 is 12.3 Å². The van der Waals surface area contributed by atoms with Crippen LogP contribution in [0, 0.1) is 5.41 Å². The van der Waals surface area contributed by atoms with Crippen molar-refractivity contribution < 1.29 is 14.3 Å². The monoisotopic (exact) mass is 246 g/mol. The van der Waals surface area contributed by atoms with E-state index in [2.05, 4.69) is 5.32 Å². The van der Waals surface area contributed by atoms with Crippen LogP contribution in [0.5, 0.6) is 0 Å². The van der Waals surface area contributed by atoms with E-state index in [0.717, 1.165) is 0 Å². The fraction of sp³-hybridized carbons (Fsp3) is 0.917. The Kier molecular flexibility index (Phi) is 7.34. The minimum atomic E-state index is -0.536. The van der Waals surface area contributed by atoms with E-state index in [1.165, 1.54) is 0 Å². The first-order valence-electron chi connectivity index (χ1n) is 6.09. The van der Waals surface area contributed by atoms with Crippen molar-refractivity contribution in [3.63, 3.8) is 0 Å². The smallest absolute Gasteiger partial charge is 0.237 e. The molecule has 0 aromatic heterocycles. The van der Waals surface area contributed by atoms with Crippen molar-refractivity contribution >= 4 is 5.91 Å². The fourth-order valence-corrected chi connectivity index (χ4v) is 1.22. The predicted molar refractivity (Wildman–Crippen MR) is 67.5 cm³/mol. The molecule has 0 rings (SSSR count). The van der Waals surface area contributed by atoms with Gasteiger partial charge in [-0.25, -0.2) is 0 Å². The minimum Gasteiger partial charge on any atom is -0.351 e. The summed E-state index contributed by atoms with van der Waals surface area (Å²) in [6.07, 6.45) is -0.402. The molecule has 1 amide bonds. The molecule has 0 saturated carbocycles. The Morgan fingerprint density at radius 2 is 1.71 bits per heavy atom. The first kappa shape index (κ1) is 16.4. The van der Waals surface area contributed by atoms with E-state index in [4.69, 9.17) is 15.2 Å². The van der Waals surface area contributed by atoms with E-state index in [1.807, 2.05) is 34.6 Å². The highest BCUT2D eigenvalue weighted by Crippen LogP contribution is 2.17. The zero-order valence-electron chi connectivity index (χ0n) is 11.6. The third-order valence-electron chi connectivity index (χ3n) is 2.36. The van der Waals surface area contributed by atoms with Gasteiger partial charge < -0.3 is 20.5 Å². The SMILES string of the molecule is CCOC(CNC(=O)C(N)C(C)(C)C)OCC. The summed E-state index contributed by atoms with van der Waals surface area (Å²) in [5, 5.41) is 2.74. The number of rotatable bonds is 7. The first-order chi connectivity index (χ1) is 7.82. The van der Waals surface area contributed by atoms with Gasteiger partial charge in [-0.15, -0.1) is 0 Å². The molecule has 0 aliphatic heterocycles. The van der Waals surface area contributed by atoms with Gasteiger partial charge in [-0.1, -0.05) is 20.8 Å². The second kappa shape index (κ2) is 7.63. The van der Waals surface area contributed by atoms with Gasteiger partial charge in [-0.2, -0.15) is 0 Å². The molecule has 102 valence electrons. The third kappa shape index (κ3) is 6.61. The standard InChI is InChI=1S/C12H26N2O3/c1-6-16-9(17-7-2)8-14-11(15)10(13)12(3,4)5/h9-10H,6-8,13H2,1-5H3,(H,14,15). The highest BCUT2D eigenvalue weighted by atomic mass is 16.7. The van der Waals surface area contributed by atoms with Gasteiger partial charge in [-0.3, -0.25) is 4.79 Å². The quantitative estimate of drug-likeness (QED) is 0.654. The van der Waals surface area contributed by atoms with Gasteiger partial charge in [0.2, 0.25) is 5.91 Å².